The van der Waals surface area contributed by atoms with Gasteiger partial charge in [-0.2, -0.15) is 0 Å². The molecule has 4 nitrogen and oxygen atoms in total. The second-order valence-electron chi connectivity index (χ2n) is 8.71. The Bertz CT molecular complexity index is 933. The quantitative estimate of drug-likeness (QED) is 0.650. The zero-order valence-electron chi connectivity index (χ0n) is 18.6. The molecule has 2 saturated heterocycles. The van der Waals surface area contributed by atoms with Crippen LogP contribution in [0.3, 0.4) is 0 Å². The van der Waals surface area contributed by atoms with Gasteiger partial charge in [-0.3, -0.25) is 9.59 Å². The molecule has 2 fully saturated rings. The van der Waals surface area contributed by atoms with Crippen molar-refractivity contribution in [2.45, 2.75) is 50.8 Å². The first-order valence-electron chi connectivity index (χ1n) is 11.4. The molecule has 4 rings (SSSR count). The fraction of sp³-hybridized carbons (Fsp3) is 0.462. The molecule has 0 atom stereocenters. The van der Waals surface area contributed by atoms with E-state index in [9.17, 15) is 9.59 Å². The van der Waals surface area contributed by atoms with Crippen LogP contribution in [-0.4, -0.2) is 51.9 Å². The second-order valence-corrected chi connectivity index (χ2v) is 10.2. The van der Waals surface area contributed by atoms with E-state index in [1.807, 2.05) is 60.0 Å². The SMILES string of the molecule is CCCCc1ccc(C(=O)N2CCC3(CC2)SCCN3C(=O)c2cccc(C)c2)cc1. The molecule has 31 heavy (non-hydrogen) atoms. The molecule has 2 aliphatic rings. The van der Waals surface area contributed by atoms with Gasteiger partial charge in [-0.15, -0.1) is 11.8 Å². The predicted octanol–water partition coefficient (Wildman–Crippen LogP) is 5.16. The van der Waals surface area contributed by atoms with E-state index in [0.29, 0.717) is 13.1 Å². The third-order valence-electron chi connectivity index (χ3n) is 6.54. The molecule has 0 unspecified atom stereocenters. The van der Waals surface area contributed by atoms with Crippen LogP contribution in [0.2, 0.25) is 0 Å². The normalized spacial score (nSPS) is 17.9. The number of amides is 2. The second kappa shape index (κ2) is 9.47. The number of thioether (sulfide) groups is 1. The summed E-state index contributed by atoms with van der Waals surface area (Å²) in [5.74, 6) is 1.19. The van der Waals surface area contributed by atoms with E-state index in [1.165, 1.54) is 18.4 Å². The lowest BCUT2D eigenvalue weighted by Gasteiger charge is -2.44. The van der Waals surface area contributed by atoms with Gasteiger partial charge in [0.05, 0.1) is 4.87 Å². The number of aryl methyl sites for hydroxylation is 2. The van der Waals surface area contributed by atoms with Gasteiger partial charge in [0.2, 0.25) is 0 Å². The summed E-state index contributed by atoms with van der Waals surface area (Å²) >= 11 is 1.89. The van der Waals surface area contributed by atoms with Gasteiger partial charge in [0.15, 0.2) is 0 Å². The van der Waals surface area contributed by atoms with E-state index in [1.54, 1.807) is 0 Å². The summed E-state index contributed by atoms with van der Waals surface area (Å²) < 4.78 is 0. The van der Waals surface area contributed by atoms with Gasteiger partial charge in [0.25, 0.3) is 11.8 Å². The number of piperidine rings is 1. The Morgan fingerprint density at radius 1 is 0.968 bits per heavy atom. The maximum absolute atomic E-state index is 13.2. The van der Waals surface area contributed by atoms with Crippen LogP contribution in [0, 0.1) is 6.92 Å². The Labute approximate surface area is 190 Å². The summed E-state index contributed by atoms with van der Waals surface area (Å²) in [5, 5.41) is 0. The Balaban J connectivity index is 1.41. The average Bonchev–Trinajstić information content (AvgIpc) is 3.20. The predicted molar refractivity (Wildman–Crippen MR) is 128 cm³/mol. The van der Waals surface area contributed by atoms with Crippen LogP contribution in [-0.2, 0) is 6.42 Å². The minimum Gasteiger partial charge on any atom is -0.338 e. The van der Waals surface area contributed by atoms with Crippen molar-refractivity contribution in [1.82, 2.24) is 9.80 Å². The fourth-order valence-electron chi connectivity index (χ4n) is 4.68. The summed E-state index contributed by atoms with van der Waals surface area (Å²) in [6.45, 7) is 6.39. The molecule has 2 aliphatic heterocycles. The van der Waals surface area contributed by atoms with E-state index in [-0.39, 0.29) is 16.7 Å². The molecule has 164 valence electrons. The summed E-state index contributed by atoms with van der Waals surface area (Å²) in [5.41, 5.74) is 3.93. The van der Waals surface area contributed by atoms with Gasteiger partial charge < -0.3 is 9.80 Å². The Morgan fingerprint density at radius 2 is 1.71 bits per heavy atom. The van der Waals surface area contributed by atoms with E-state index in [2.05, 4.69) is 24.0 Å². The van der Waals surface area contributed by atoms with Crippen LogP contribution in [0.25, 0.3) is 0 Å². The fourth-order valence-corrected chi connectivity index (χ4v) is 6.14. The molecule has 0 N–H and O–H groups in total. The number of hydrogen-bond donors (Lipinski definition) is 0. The maximum Gasteiger partial charge on any atom is 0.255 e. The Kier molecular flexibility index (Phi) is 6.71. The van der Waals surface area contributed by atoms with Crippen LogP contribution in [0.15, 0.2) is 48.5 Å². The van der Waals surface area contributed by atoms with E-state index in [4.69, 9.17) is 0 Å². The highest BCUT2D eigenvalue weighted by atomic mass is 32.2. The number of likely N-dealkylation sites (tertiary alicyclic amines) is 1. The lowest BCUT2D eigenvalue weighted by molar-refractivity contribution is 0.0497. The summed E-state index contributed by atoms with van der Waals surface area (Å²) in [6, 6.07) is 16.0. The lowest BCUT2D eigenvalue weighted by atomic mass is 9.99. The van der Waals surface area contributed by atoms with Gasteiger partial charge in [-0.1, -0.05) is 43.2 Å². The van der Waals surface area contributed by atoms with Crippen molar-refractivity contribution < 1.29 is 9.59 Å². The molecule has 2 heterocycles. The van der Waals surface area contributed by atoms with E-state index in [0.717, 1.165) is 48.3 Å². The number of benzene rings is 2. The third kappa shape index (κ3) is 4.67. The van der Waals surface area contributed by atoms with Gasteiger partial charge in [0, 0.05) is 36.5 Å². The number of nitrogens with zero attached hydrogens (tertiary/aromatic N) is 2. The third-order valence-corrected chi connectivity index (χ3v) is 8.09. The lowest BCUT2D eigenvalue weighted by Crippen LogP contribution is -2.53. The molecule has 0 saturated carbocycles. The molecule has 2 aromatic carbocycles. The van der Waals surface area contributed by atoms with Crippen LogP contribution in [0.1, 0.15) is 64.4 Å². The number of carbonyl (C=O) groups is 2. The Morgan fingerprint density at radius 3 is 2.39 bits per heavy atom. The first-order chi connectivity index (χ1) is 15.0. The van der Waals surface area contributed by atoms with Crippen LogP contribution < -0.4 is 0 Å². The molecule has 2 aromatic rings. The van der Waals surface area contributed by atoms with E-state index >= 15 is 0 Å². The van der Waals surface area contributed by atoms with Gasteiger partial charge in [0.1, 0.15) is 0 Å². The Hall–Kier alpha value is -2.27. The van der Waals surface area contributed by atoms with Gasteiger partial charge in [-0.05, 0) is 62.4 Å². The first-order valence-corrected chi connectivity index (χ1v) is 12.4. The number of hydrogen-bond acceptors (Lipinski definition) is 3. The number of rotatable bonds is 5. The molecule has 5 heteroatoms. The number of carbonyl (C=O) groups excluding carboxylic acids is 2. The van der Waals surface area contributed by atoms with Crippen molar-refractivity contribution in [2.24, 2.45) is 0 Å². The summed E-state index contributed by atoms with van der Waals surface area (Å²) in [7, 11) is 0. The molecular formula is C26H32N2O2S. The average molecular weight is 437 g/mol. The highest BCUT2D eigenvalue weighted by Gasteiger charge is 2.47. The van der Waals surface area contributed by atoms with Crippen molar-refractivity contribution in [3.8, 4) is 0 Å². The van der Waals surface area contributed by atoms with Crippen LogP contribution >= 0.6 is 11.8 Å². The minimum atomic E-state index is -0.179. The highest BCUT2D eigenvalue weighted by Crippen LogP contribution is 2.44. The minimum absolute atomic E-state index is 0.108. The topological polar surface area (TPSA) is 40.6 Å². The standard InChI is InChI=1S/C26H32N2O2S/c1-3-4-7-21-9-11-22(12-10-21)24(29)27-15-13-26(14-16-27)28(17-18-31-26)25(30)23-8-5-6-20(2)19-23/h5-6,8-12,19H,3-4,7,13-18H2,1-2H3. The molecule has 0 aromatic heterocycles. The molecule has 2 amide bonds. The monoisotopic (exact) mass is 436 g/mol. The zero-order valence-corrected chi connectivity index (χ0v) is 19.4. The highest BCUT2D eigenvalue weighted by molar-refractivity contribution is 8.00. The van der Waals surface area contributed by atoms with Gasteiger partial charge in [-0.25, -0.2) is 0 Å². The van der Waals surface area contributed by atoms with Crippen molar-refractivity contribution in [3.05, 3.63) is 70.8 Å². The number of unbranched alkanes of at least 4 members (excludes halogenated alkanes) is 1. The molecule has 0 radical (unpaired) electrons. The van der Waals surface area contributed by atoms with Crippen molar-refractivity contribution in [3.63, 3.8) is 0 Å². The van der Waals surface area contributed by atoms with Crippen molar-refractivity contribution in [1.29, 1.82) is 0 Å². The summed E-state index contributed by atoms with van der Waals surface area (Å²) in [4.78, 5) is 30.1. The maximum atomic E-state index is 13.2. The molecular weight excluding hydrogens is 404 g/mol. The largest absolute Gasteiger partial charge is 0.338 e. The molecule has 0 bridgehead atoms. The zero-order chi connectivity index (χ0) is 21.8. The first kappa shape index (κ1) is 21.9. The molecule has 1 spiro atoms. The molecule has 0 aliphatic carbocycles. The van der Waals surface area contributed by atoms with Crippen molar-refractivity contribution >= 4 is 23.6 Å². The summed E-state index contributed by atoms with van der Waals surface area (Å²) in [6.07, 6.45) is 5.08. The smallest absolute Gasteiger partial charge is 0.255 e. The van der Waals surface area contributed by atoms with E-state index < -0.39 is 0 Å². The van der Waals surface area contributed by atoms with Crippen LogP contribution in [0.4, 0.5) is 0 Å². The van der Waals surface area contributed by atoms with Crippen LogP contribution in [0.5, 0.6) is 0 Å². The van der Waals surface area contributed by atoms with Crippen molar-refractivity contribution in [2.75, 3.05) is 25.4 Å². The van der Waals surface area contributed by atoms with Gasteiger partial charge >= 0.3 is 0 Å².